The lowest BCUT2D eigenvalue weighted by Crippen LogP contribution is -1.94. The number of nitrogens with two attached hydrogens (primary N) is 1. The molecule has 0 saturated carbocycles. The summed E-state index contributed by atoms with van der Waals surface area (Å²) in [6.07, 6.45) is 5.50. The fourth-order valence-corrected chi connectivity index (χ4v) is 0.0833. The van der Waals surface area contributed by atoms with Crippen LogP contribution in [0.2, 0.25) is 0 Å². The van der Waals surface area contributed by atoms with Crippen molar-refractivity contribution in [1.29, 1.82) is 0 Å². The Morgan fingerprint density at radius 3 is 2.17 bits per heavy atom. The molecular formula is C4H8ClN. The molecule has 2 N–H and O–H groups in total. The molecule has 0 rings (SSSR count). The van der Waals surface area contributed by atoms with Gasteiger partial charge in [-0.3, -0.25) is 0 Å². The Morgan fingerprint density at radius 1 is 1.67 bits per heavy atom. The van der Waals surface area contributed by atoms with Crippen molar-refractivity contribution in [3.63, 3.8) is 0 Å². The van der Waals surface area contributed by atoms with Crippen LogP contribution in [0.1, 0.15) is 6.42 Å². The maximum atomic E-state index is 5.00. The molecule has 1 nitrogen and oxygen atoms in total. The zero-order valence-corrected chi connectivity index (χ0v) is 4.29. The van der Waals surface area contributed by atoms with Crippen LogP contribution in [-0.2, 0) is 0 Å². The molecule has 0 aliphatic rings. The first-order valence-corrected chi connectivity index (χ1v) is 1.55. The molecule has 0 amide bonds. The van der Waals surface area contributed by atoms with Crippen molar-refractivity contribution in [2.75, 3.05) is 6.54 Å². The molecule has 0 aliphatic carbocycles. The van der Waals surface area contributed by atoms with Crippen LogP contribution in [0.5, 0.6) is 0 Å². The molecule has 6 heavy (non-hydrogen) atoms. The summed E-state index contributed by atoms with van der Waals surface area (Å²) in [4.78, 5) is 0. The largest absolute Gasteiger partial charge is 0.330 e. The van der Waals surface area contributed by atoms with Crippen molar-refractivity contribution in [3.8, 4) is 12.3 Å². The molecule has 0 bridgehead atoms. The van der Waals surface area contributed by atoms with Gasteiger partial charge in [0.2, 0.25) is 0 Å². The van der Waals surface area contributed by atoms with Crippen LogP contribution in [0.15, 0.2) is 0 Å². The minimum Gasteiger partial charge on any atom is -0.330 e. The van der Waals surface area contributed by atoms with Gasteiger partial charge in [0, 0.05) is 13.0 Å². The predicted molar refractivity (Wildman–Crippen MR) is 29.8 cm³/mol. The van der Waals surface area contributed by atoms with Gasteiger partial charge in [0.1, 0.15) is 0 Å². The lowest BCUT2D eigenvalue weighted by atomic mass is 10.5. The fourth-order valence-electron chi connectivity index (χ4n) is 0.0833. The van der Waals surface area contributed by atoms with E-state index in [1.165, 1.54) is 0 Å². The van der Waals surface area contributed by atoms with Crippen molar-refractivity contribution in [2.45, 2.75) is 6.42 Å². The van der Waals surface area contributed by atoms with E-state index in [0.29, 0.717) is 13.0 Å². The molecule has 0 radical (unpaired) electrons. The predicted octanol–water partition coefficient (Wildman–Crippen LogP) is 0.390. The topological polar surface area (TPSA) is 26.0 Å². The first-order chi connectivity index (χ1) is 2.41. The Bertz CT molecular complexity index is 46.0. The third-order valence-corrected chi connectivity index (χ3v) is 0.289. The highest BCUT2D eigenvalue weighted by molar-refractivity contribution is 5.85. The summed E-state index contributed by atoms with van der Waals surface area (Å²) in [5.41, 5.74) is 5.00. The van der Waals surface area contributed by atoms with Crippen LogP contribution in [0.25, 0.3) is 0 Å². The van der Waals surface area contributed by atoms with Gasteiger partial charge in [-0.2, -0.15) is 0 Å². The molecule has 0 heterocycles. The van der Waals surface area contributed by atoms with Crippen molar-refractivity contribution < 1.29 is 0 Å². The summed E-state index contributed by atoms with van der Waals surface area (Å²) < 4.78 is 0. The van der Waals surface area contributed by atoms with Crippen LogP contribution in [0.3, 0.4) is 0 Å². The van der Waals surface area contributed by atoms with Gasteiger partial charge in [-0.15, -0.1) is 24.8 Å². The standard InChI is InChI=1S/C4H7N.ClH/c1-2-3-4-5;/h1H,3-5H2;1H. The lowest BCUT2D eigenvalue weighted by molar-refractivity contribution is 1.03. The average molecular weight is 106 g/mol. The number of hydrogen-bond acceptors (Lipinski definition) is 1. The van der Waals surface area contributed by atoms with E-state index < -0.39 is 0 Å². The molecular weight excluding hydrogens is 97.5 g/mol. The van der Waals surface area contributed by atoms with E-state index in [4.69, 9.17) is 12.2 Å². The van der Waals surface area contributed by atoms with E-state index in [-0.39, 0.29) is 12.4 Å². The van der Waals surface area contributed by atoms with Gasteiger partial charge in [-0.25, -0.2) is 0 Å². The smallest absolute Gasteiger partial charge is 0.0209 e. The van der Waals surface area contributed by atoms with Crippen molar-refractivity contribution in [1.82, 2.24) is 0 Å². The lowest BCUT2D eigenvalue weighted by Gasteiger charge is -1.71. The van der Waals surface area contributed by atoms with E-state index in [0.717, 1.165) is 0 Å². The van der Waals surface area contributed by atoms with Crippen molar-refractivity contribution in [3.05, 3.63) is 0 Å². The molecule has 2 heteroatoms. The van der Waals surface area contributed by atoms with Crippen LogP contribution >= 0.6 is 12.4 Å². The molecule has 36 valence electrons. The highest BCUT2D eigenvalue weighted by atomic mass is 35.5. The van der Waals surface area contributed by atoms with Gasteiger partial charge < -0.3 is 5.73 Å². The van der Waals surface area contributed by atoms with E-state index >= 15 is 0 Å². The maximum Gasteiger partial charge on any atom is 0.0209 e. The highest BCUT2D eigenvalue weighted by Crippen LogP contribution is 1.59. The van der Waals surface area contributed by atoms with E-state index in [2.05, 4.69) is 5.92 Å². The Labute approximate surface area is 44.3 Å². The quantitative estimate of drug-likeness (QED) is 0.480. The summed E-state index contributed by atoms with van der Waals surface area (Å²) in [7, 11) is 0. The van der Waals surface area contributed by atoms with Gasteiger partial charge in [-0.1, -0.05) is 0 Å². The number of halogens is 1. The third kappa shape index (κ3) is 9.18. The van der Waals surface area contributed by atoms with E-state index in [1.54, 1.807) is 0 Å². The van der Waals surface area contributed by atoms with Gasteiger partial charge >= 0.3 is 0 Å². The first-order valence-electron chi connectivity index (χ1n) is 1.55. The minimum atomic E-state index is 0. The first kappa shape index (κ1) is 9.26. The molecule has 0 unspecified atom stereocenters. The van der Waals surface area contributed by atoms with Gasteiger partial charge in [-0.05, 0) is 0 Å². The second-order valence-electron chi connectivity index (χ2n) is 0.743. The summed E-state index contributed by atoms with van der Waals surface area (Å²) in [6.45, 7) is 0.608. The molecule has 0 aliphatic heterocycles. The van der Waals surface area contributed by atoms with Gasteiger partial charge in [0.15, 0.2) is 0 Å². The number of rotatable bonds is 1. The third-order valence-electron chi connectivity index (χ3n) is 0.289. The van der Waals surface area contributed by atoms with Crippen LogP contribution in [0.4, 0.5) is 0 Å². The number of hydrogen-bond donors (Lipinski definition) is 1. The second kappa shape index (κ2) is 8.84. The Hall–Kier alpha value is -0.190. The Kier molecular flexibility index (Phi) is 13.6. The van der Waals surface area contributed by atoms with Gasteiger partial charge in [0.05, 0.1) is 0 Å². The fraction of sp³-hybridized carbons (Fsp3) is 0.500. The Morgan fingerprint density at radius 2 is 2.17 bits per heavy atom. The SMILES string of the molecule is C#CCCN.Cl. The summed E-state index contributed by atoms with van der Waals surface area (Å²) in [5, 5.41) is 0. The van der Waals surface area contributed by atoms with E-state index in [1.807, 2.05) is 0 Å². The summed E-state index contributed by atoms with van der Waals surface area (Å²) in [5.74, 6) is 2.39. The summed E-state index contributed by atoms with van der Waals surface area (Å²) in [6, 6.07) is 0. The zero-order valence-electron chi connectivity index (χ0n) is 3.48. The van der Waals surface area contributed by atoms with Gasteiger partial charge in [0.25, 0.3) is 0 Å². The molecule has 0 saturated heterocycles. The molecule has 0 spiro atoms. The maximum absolute atomic E-state index is 5.00. The number of terminal acetylenes is 1. The average Bonchev–Trinajstić information content (AvgIpc) is 1.41. The normalized spacial score (nSPS) is 5.33. The minimum absolute atomic E-state index is 0. The monoisotopic (exact) mass is 105 g/mol. The Balaban J connectivity index is 0. The van der Waals surface area contributed by atoms with Crippen LogP contribution in [0, 0.1) is 12.3 Å². The molecule has 0 aromatic rings. The van der Waals surface area contributed by atoms with Crippen LogP contribution < -0.4 is 5.73 Å². The highest BCUT2D eigenvalue weighted by Gasteiger charge is 1.61. The summed E-state index contributed by atoms with van der Waals surface area (Å²) >= 11 is 0. The molecule has 0 atom stereocenters. The molecule has 0 aromatic heterocycles. The van der Waals surface area contributed by atoms with Crippen molar-refractivity contribution in [2.24, 2.45) is 5.73 Å². The second-order valence-corrected chi connectivity index (χ2v) is 0.743. The van der Waals surface area contributed by atoms with E-state index in [9.17, 15) is 0 Å². The molecule has 0 aromatic carbocycles. The van der Waals surface area contributed by atoms with Crippen molar-refractivity contribution >= 4 is 12.4 Å². The zero-order chi connectivity index (χ0) is 4.12. The molecule has 0 fully saturated rings. The van der Waals surface area contributed by atoms with Crippen LogP contribution in [-0.4, -0.2) is 6.54 Å².